The molecule has 1 aromatic carbocycles. The minimum atomic E-state index is 0.663. The van der Waals surface area contributed by atoms with E-state index in [-0.39, 0.29) is 0 Å². The van der Waals surface area contributed by atoms with Crippen molar-refractivity contribution in [3.8, 4) is 0 Å². The Morgan fingerprint density at radius 2 is 2.10 bits per heavy atom. The molecule has 0 amide bonds. The Bertz CT molecular complexity index is 739. The molecule has 0 aliphatic carbocycles. The van der Waals surface area contributed by atoms with E-state index in [4.69, 9.17) is 0 Å². The van der Waals surface area contributed by atoms with Gasteiger partial charge in [0, 0.05) is 30.5 Å². The Kier molecular flexibility index (Phi) is 3.51. The first-order valence-electron chi connectivity index (χ1n) is 6.14. The zero-order valence-electron chi connectivity index (χ0n) is 10.8. The lowest BCUT2D eigenvalue weighted by atomic mass is 10.2. The lowest BCUT2D eigenvalue weighted by molar-refractivity contribution is 1.06. The van der Waals surface area contributed by atoms with E-state index in [1.54, 1.807) is 6.20 Å². The first-order valence-corrected chi connectivity index (χ1v) is 6.93. The van der Waals surface area contributed by atoms with Gasteiger partial charge in [-0.2, -0.15) is 0 Å². The summed E-state index contributed by atoms with van der Waals surface area (Å²) in [4.78, 5) is 4.32. The van der Waals surface area contributed by atoms with Crippen molar-refractivity contribution in [2.75, 3.05) is 17.7 Å². The van der Waals surface area contributed by atoms with Gasteiger partial charge >= 0.3 is 0 Å². The van der Waals surface area contributed by atoms with Crippen molar-refractivity contribution in [2.45, 2.75) is 6.54 Å². The van der Waals surface area contributed by atoms with Gasteiger partial charge in [0.25, 0.3) is 0 Å². The van der Waals surface area contributed by atoms with Crippen molar-refractivity contribution < 1.29 is 0 Å². The molecule has 2 heterocycles. The fourth-order valence-electron chi connectivity index (χ4n) is 1.94. The fraction of sp³-hybridized carbons (Fsp3) is 0.154. The smallest absolute Gasteiger partial charge is 0.228 e. The predicted octanol–water partition coefficient (Wildman–Crippen LogP) is 2.54. The van der Waals surface area contributed by atoms with Gasteiger partial charge in [-0.15, -0.1) is 10.2 Å². The average molecular weight is 333 g/mol. The van der Waals surface area contributed by atoms with Crippen molar-refractivity contribution in [2.24, 2.45) is 0 Å². The average Bonchev–Trinajstić information content (AvgIpc) is 2.90. The molecule has 0 unspecified atom stereocenters. The molecule has 0 aliphatic rings. The molecule has 2 aromatic heterocycles. The number of anilines is 2. The maximum absolute atomic E-state index is 4.32. The van der Waals surface area contributed by atoms with Crippen molar-refractivity contribution in [3.63, 3.8) is 0 Å². The third-order valence-electron chi connectivity index (χ3n) is 2.95. The van der Waals surface area contributed by atoms with Crippen LogP contribution in [0.4, 0.5) is 11.8 Å². The molecular weight excluding hydrogens is 320 g/mol. The van der Waals surface area contributed by atoms with Crippen molar-refractivity contribution in [3.05, 3.63) is 46.7 Å². The first kappa shape index (κ1) is 12.9. The Morgan fingerprint density at radius 1 is 1.25 bits per heavy atom. The highest BCUT2D eigenvalue weighted by atomic mass is 79.9. The number of nitrogens with one attached hydrogen (secondary N) is 2. The lowest BCUT2D eigenvalue weighted by Crippen LogP contribution is -2.04. The van der Waals surface area contributed by atoms with E-state index in [2.05, 4.69) is 47.8 Å². The molecule has 6 nitrogen and oxygen atoms in total. The topological polar surface area (TPSA) is 67.1 Å². The highest BCUT2D eigenvalue weighted by Crippen LogP contribution is 2.19. The molecule has 3 aromatic rings. The zero-order valence-corrected chi connectivity index (χ0v) is 12.4. The molecule has 7 heteroatoms. The van der Waals surface area contributed by atoms with E-state index in [0.717, 1.165) is 10.0 Å². The molecule has 20 heavy (non-hydrogen) atoms. The van der Waals surface area contributed by atoms with Crippen LogP contribution in [0.25, 0.3) is 5.65 Å². The molecule has 0 radical (unpaired) electrons. The zero-order chi connectivity index (χ0) is 13.9. The Labute approximate surface area is 124 Å². The van der Waals surface area contributed by atoms with Crippen LogP contribution < -0.4 is 10.6 Å². The number of nitrogens with zero attached hydrogens (tertiary/aromatic N) is 4. The first-order chi connectivity index (χ1) is 9.79. The summed E-state index contributed by atoms with van der Waals surface area (Å²) in [7, 11) is 1.81. The summed E-state index contributed by atoms with van der Waals surface area (Å²) in [6, 6.07) is 8.07. The van der Waals surface area contributed by atoms with Gasteiger partial charge in [0.2, 0.25) is 11.6 Å². The minimum absolute atomic E-state index is 0.663. The van der Waals surface area contributed by atoms with Crippen LogP contribution in [0.1, 0.15) is 5.56 Å². The van der Waals surface area contributed by atoms with Gasteiger partial charge in [-0.25, -0.2) is 4.98 Å². The molecule has 0 bridgehead atoms. The van der Waals surface area contributed by atoms with Gasteiger partial charge in [-0.05, 0) is 11.6 Å². The molecule has 0 atom stereocenters. The van der Waals surface area contributed by atoms with Crippen LogP contribution in [0.15, 0.2) is 41.1 Å². The van der Waals surface area contributed by atoms with Crippen molar-refractivity contribution in [1.82, 2.24) is 19.6 Å². The van der Waals surface area contributed by atoms with Gasteiger partial charge < -0.3 is 10.6 Å². The number of halogens is 1. The summed E-state index contributed by atoms with van der Waals surface area (Å²) in [5.41, 5.74) is 1.86. The number of hydrogen-bond acceptors (Lipinski definition) is 5. The quantitative estimate of drug-likeness (QED) is 0.768. The number of aromatic nitrogens is 4. The third kappa shape index (κ3) is 2.32. The standard InChI is InChI=1S/C13H13BrN6/c1-15-13-19-18-12-11(16-6-7-20(12)13)17-8-9-4-2-3-5-10(9)14/h2-7H,8H2,1H3,(H,15,19)(H,16,17). The normalized spacial score (nSPS) is 10.7. The maximum Gasteiger partial charge on any atom is 0.228 e. The molecule has 0 saturated heterocycles. The van der Waals surface area contributed by atoms with Crippen LogP contribution in [0.2, 0.25) is 0 Å². The van der Waals surface area contributed by atoms with Crippen molar-refractivity contribution in [1.29, 1.82) is 0 Å². The summed E-state index contributed by atoms with van der Waals surface area (Å²) >= 11 is 3.53. The van der Waals surface area contributed by atoms with Gasteiger partial charge in [0.1, 0.15) is 0 Å². The molecule has 0 saturated carbocycles. The highest BCUT2D eigenvalue weighted by Gasteiger charge is 2.09. The van der Waals surface area contributed by atoms with Crippen LogP contribution in [0.5, 0.6) is 0 Å². The molecule has 3 rings (SSSR count). The number of rotatable bonds is 4. The number of hydrogen-bond donors (Lipinski definition) is 2. The molecular formula is C13H13BrN6. The largest absolute Gasteiger partial charge is 0.363 e. The Balaban J connectivity index is 1.88. The van der Waals surface area contributed by atoms with E-state index < -0.39 is 0 Å². The second-order valence-electron chi connectivity index (χ2n) is 4.19. The van der Waals surface area contributed by atoms with E-state index in [9.17, 15) is 0 Å². The third-order valence-corrected chi connectivity index (χ3v) is 3.73. The minimum Gasteiger partial charge on any atom is -0.363 e. The van der Waals surface area contributed by atoms with E-state index >= 15 is 0 Å². The summed E-state index contributed by atoms with van der Waals surface area (Å²) < 4.78 is 2.92. The predicted molar refractivity (Wildman–Crippen MR) is 81.8 cm³/mol. The van der Waals surface area contributed by atoms with Crippen molar-refractivity contribution >= 4 is 33.3 Å². The molecule has 0 fully saturated rings. The fourth-order valence-corrected chi connectivity index (χ4v) is 2.37. The van der Waals surface area contributed by atoms with Crippen LogP contribution in [0.3, 0.4) is 0 Å². The van der Waals surface area contributed by atoms with E-state index in [1.807, 2.05) is 35.8 Å². The van der Waals surface area contributed by atoms with E-state index in [1.165, 1.54) is 0 Å². The molecule has 2 N–H and O–H groups in total. The van der Waals surface area contributed by atoms with Gasteiger partial charge in [0.15, 0.2) is 5.82 Å². The maximum atomic E-state index is 4.32. The van der Waals surface area contributed by atoms with E-state index in [0.29, 0.717) is 24.0 Å². The Hall–Kier alpha value is -2.15. The van der Waals surface area contributed by atoms with Crippen LogP contribution in [0, 0.1) is 0 Å². The lowest BCUT2D eigenvalue weighted by Gasteiger charge is -2.08. The van der Waals surface area contributed by atoms with Gasteiger partial charge in [-0.3, -0.25) is 4.40 Å². The van der Waals surface area contributed by atoms with Gasteiger partial charge in [-0.1, -0.05) is 34.1 Å². The summed E-state index contributed by atoms with van der Waals surface area (Å²) in [5, 5.41) is 14.5. The van der Waals surface area contributed by atoms with Crippen LogP contribution in [-0.2, 0) is 6.54 Å². The highest BCUT2D eigenvalue weighted by molar-refractivity contribution is 9.10. The second-order valence-corrected chi connectivity index (χ2v) is 5.04. The van der Waals surface area contributed by atoms with Gasteiger partial charge in [0.05, 0.1) is 0 Å². The van der Waals surface area contributed by atoms with Crippen LogP contribution in [-0.4, -0.2) is 26.6 Å². The monoisotopic (exact) mass is 332 g/mol. The SMILES string of the molecule is CNc1nnc2c(NCc3ccccc3Br)nccn12. The molecule has 0 aliphatic heterocycles. The molecule has 0 spiro atoms. The summed E-state index contributed by atoms with van der Waals surface area (Å²) in [5.74, 6) is 1.39. The van der Waals surface area contributed by atoms with Crippen LogP contribution >= 0.6 is 15.9 Å². The number of benzene rings is 1. The number of fused-ring (bicyclic) bond motifs is 1. The Morgan fingerprint density at radius 3 is 2.90 bits per heavy atom. The second kappa shape index (κ2) is 5.46. The summed E-state index contributed by atoms with van der Waals surface area (Å²) in [6.45, 7) is 0.663. The summed E-state index contributed by atoms with van der Waals surface area (Å²) in [6.07, 6.45) is 3.55. The molecule has 102 valence electrons.